The Morgan fingerprint density at radius 2 is 1.95 bits per heavy atom. The summed E-state index contributed by atoms with van der Waals surface area (Å²) in [5, 5.41) is 21.6. The molecule has 1 aliphatic carbocycles. The first-order valence-electron chi connectivity index (χ1n) is 13.0. The van der Waals surface area contributed by atoms with E-state index in [0.29, 0.717) is 34.3 Å². The molecule has 5 rings (SSSR count). The minimum Gasteiger partial charge on any atom is -0.476 e. The van der Waals surface area contributed by atoms with Crippen molar-refractivity contribution in [3.05, 3.63) is 81.5 Å². The normalized spacial score (nSPS) is 14.0. The summed E-state index contributed by atoms with van der Waals surface area (Å²) in [4.78, 5) is 15.8. The molecule has 2 aromatic heterocycles. The summed E-state index contributed by atoms with van der Waals surface area (Å²) in [6.45, 7) is 5.82. The van der Waals surface area contributed by atoms with Gasteiger partial charge in [-0.2, -0.15) is 5.10 Å². The highest BCUT2D eigenvalue weighted by Crippen LogP contribution is 2.38. The predicted molar refractivity (Wildman–Crippen MR) is 155 cm³/mol. The Bertz CT molecular complexity index is 1740. The van der Waals surface area contributed by atoms with Crippen LogP contribution in [0.1, 0.15) is 66.5 Å². The van der Waals surface area contributed by atoms with Crippen molar-refractivity contribution < 1.29 is 22.9 Å². The first-order valence-corrected chi connectivity index (χ1v) is 15.2. The highest BCUT2D eigenvalue weighted by atomic mass is 32.2. The van der Waals surface area contributed by atoms with Crippen molar-refractivity contribution in [1.29, 1.82) is 0 Å². The van der Waals surface area contributed by atoms with Gasteiger partial charge in [-0.3, -0.25) is 0 Å². The van der Waals surface area contributed by atoms with Crippen molar-refractivity contribution in [2.45, 2.75) is 51.3 Å². The number of carboxylic acid groups (broad SMARTS) is 1. The number of benzene rings is 2. The highest BCUT2D eigenvalue weighted by molar-refractivity contribution is 7.82. The van der Waals surface area contributed by atoms with Crippen molar-refractivity contribution in [3.63, 3.8) is 0 Å². The summed E-state index contributed by atoms with van der Waals surface area (Å²) < 4.78 is 42.9. The molecule has 1 unspecified atom stereocenters. The maximum absolute atomic E-state index is 14.8. The van der Waals surface area contributed by atoms with Crippen LogP contribution in [0.4, 0.5) is 8.78 Å². The number of rotatable bonds is 8. The average Bonchev–Trinajstić information content (AvgIpc) is 3.45. The van der Waals surface area contributed by atoms with Gasteiger partial charge in [0.1, 0.15) is 5.82 Å². The number of thiol groups is 1. The molecule has 1 atom stereocenters. The van der Waals surface area contributed by atoms with Gasteiger partial charge in [-0.25, -0.2) is 23.2 Å². The lowest BCUT2D eigenvalue weighted by Crippen LogP contribution is -2.07. The molecule has 0 amide bonds. The molecule has 7 nitrogen and oxygen atoms in total. The molecule has 2 aromatic carbocycles. The van der Waals surface area contributed by atoms with Gasteiger partial charge in [-0.05, 0) is 81.8 Å². The molecule has 1 fully saturated rings. The van der Waals surface area contributed by atoms with Gasteiger partial charge in [-0.15, -0.1) is 16.5 Å². The van der Waals surface area contributed by atoms with Gasteiger partial charge in [0.15, 0.2) is 22.5 Å². The SMILES string of the molecule is CC(C)(C)C#Cc1cc(-c2nn(-c3nc(C(=O)O)cs3)c(CC3CC3)c2Cc2ccc([SH+](N)=O)c(F)c2)ccc1F. The third-order valence-electron chi connectivity index (χ3n) is 6.60. The van der Waals surface area contributed by atoms with E-state index in [1.54, 1.807) is 22.9 Å². The van der Waals surface area contributed by atoms with Crippen LogP contribution < -0.4 is 5.14 Å². The van der Waals surface area contributed by atoms with Gasteiger partial charge in [0.25, 0.3) is 0 Å². The van der Waals surface area contributed by atoms with Crippen LogP contribution in [-0.2, 0) is 28.0 Å². The van der Waals surface area contributed by atoms with E-state index in [9.17, 15) is 22.9 Å². The summed E-state index contributed by atoms with van der Waals surface area (Å²) in [5.74, 6) is 4.19. The van der Waals surface area contributed by atoms with Crippen molar-refractivity contribution in [2.75, 3.05) is 0 Å². The van der Waals surface area contributed by atoms with Gasteiger partial charge in [-0.1, -0.05) is 22.1 Å². The Labute approximate surface area is 243 Å². The number of thiazole rings is 1. The molecule has 2 heterocycles. The fourth-order valence-corrected chi connectivity index (χ4v) is 5.66. The number of hydrogen-bond donors (Lipinski definition) is 2. The van der Waals surface area contributed by atoms with Crippen LogP contribution in [0.15, 0.2) is 46.7 Å². The standard InChI is InChI=1S/C30H28F2N4O3S2/c1-30(2,3)11-10-19-15-20(7-8-22(19)31)27-21(12-18-6-9-26(41(33)39)23(32)13-18)25(14-17-4-5-17)36(35-27)29-34-24(16-40-29)28(37)38/h6-9,13,15-17H,4-5,12,14H2,1-3H3,(H2,33,39)(H,37,38)/p+1. The number of carbonyl (C=O) groups is 1. The van der Waals surface area contributed by atoms with Crippen LogP contribution >= 0.6 is 11.3 Å². The second kappa shape index (κ2) is 11.3. The van der Waals surface area contributed by atoms with Crippen molar-refractivity contribution in [1.82, 2.24) is 14.8 Å². The Balaban J connectivity index is 1.70. The van der Waals surface area contributed by atoms with Gasteiger partial charge < -0.3 is 5.11 Å². The molecule has 0 radical (unpaired) electrons. The minimum atomic E-state index is -2.33. The quantitative estimate of drug-likeness (QED) is 0.151. The molecular weight excluding hydrogens is 566 g/mol. The van der Waals surface area contributed by atoms with Gasteiger partial charge in [0.2, 0.25) is 10.0 Å². The van der Waals surface area contributed by atoms with Gasteiger partial charge in [0.05, 0.1) is 17.0 Å². The Morgan fingerprint density at radius 1 is 1.20 bits per heavy atom. The zero-order chi connectivity index (χ0) is 29.5. The van der Waals surface area contributed by atoms with E-state index in [0.717, 1.165) is 35.4 Å². The van der Waals surface area contributed by atoms with Gasteiger partial charge >= 0.3 is 5.97 Å². The zero-order valence-electron chi connectivity index (χ0n) is 22.7. The number of nitrogens with zero attached hydrogens (tertiary/aromatic N) is 3. The number of aromatic nitrogens is 3. The lowest BCUT2D eigenvalue weighted by molar-refractivity contribution is 0.0691. The van der Waals surface area contributed by atoms with E-state index in [4.69, 9.17) is 10.2 Å². The number of halogens is 2. The molecule has 1 aliphatic rings. The first kappa shape index (κ1) is 28.8. The molecule has 1 saturated carbocycles. The largest absolute Gasteiger partial charge is 0.476 e. The Morgan fingerprint density at radius 3 is 2.56 bits per heavy atom. The van der Waals surface area contributed by atoms with E-state index in [1.165, 1.54) is 23.6 Å². The summed E-state index contributed by atoms with van der Waals surface area (Å²) in [7, 11) is -2.33. The summed E-state index contributed by atoms with van der Waals surface area (Å²) in [6, 6.07) is 9.04. The third-order valence-corrected chi connectivity index (χ3v) is 8.26. The van der Waals surface area contributed by atoms with Crippen LogP contribution in [0.2, 0.25) is 0 Å². The number of aromatic carboxylic acids is 1. The van der Waals surface area contributed by atoms with Crippen molar-refractivity contribution in [2.24, 2.45) is 16.5 Å². The molecule has 0 aliphatic heterocycles. The van der Waals surface area contributed by atoms with Crippen LogP contribution in [0.3, 0.4) is 0 Å². The molecule has 4 aromatic rings. The second-order valence-electron chi connectivity index (χ2n) is 11.1. The predicted octanol–water partition coefficient (Wildman–Crippen LogP) is 5.84. The van der Waals surface area contributed by atoms with Crippen LogP contribution in [0.5, 0.6) is 0 Å². The lowest BCUT2D eigenvalue weighted by Gasteiger charge is -2.10. The molecule has 11 heteroatoms. The monoisotopic (exact) mass is 595 g/mol. The highest BCUT2D eigenvalue weighted by Gasteiger charge is 2.30. The molecular formula is C30H29F2N4O3S2+. The Kier molecular flexibility index (Phi) is 7.92. The van der Waals surface area contributed by atoms with Crippen LogP contribution in [0, 0.1) is 34.8 Å². The molecule has 212 valence electrons. The average molecular weight is 596 g/mol. The molecule has 0 saturated heterocycles. The van der Waals surface area contributed by atoms with Crippen molar-refractivity contribution >= 4 is 28.3 Å². The third kappa shape index (κ3) is 6.62. The molecule has 0 spiro atoms. The maximum Gasteiger partial charge on any atom is 0.355 e. The minimum absolute atomic E-state index is 0.0533. The summed E-state index contributed by atoms with van der Waals surface area (Å²) in [5.41, 5.74) is 3.20. The number of hydrogen-bond acceptors (Lipinski definition) is 5. The summed E-state index contributed by atoms with van der Waals surface area (Å²) >= 11 is 1.16. The molecule has 0 bridgehead atoms. The molecule has 3 N–H and O–H groups in total. The maximum atomic E-state index is 14.8. The fraction of sp³-hybridized carbons (Fsp3) is 0.300. The number of nitrogens with two attached hydrogens (primary N) is 1. The van der Waals surface area contributed by atoms with Crippen molar-refractivity contribution in [3.8, 4) is 28.2 Å². The topological polar surface area (TPSA) is 111 Å². The van der Waals surface area contributed by atoms with Crippen LogP contribution in [0.25, 0.3) is 16.4 Å². The first-order chi connectivity index (χ1) is 19.4. The summed E-state index contributed by atoms with van der Waals surface area (Å²) in [6.07, 6.45) is 3.03. The zero-order valence-corrected chi connectivity index (χ0v) is 24.5. The van der Waals surface area contributed by atoms with Crippen LogP contribution in [-0.4, -0.2) is 25.8 Å². The molecule has 41 heavy (non-hydrogen) atoms. The second-order valence-corrected chi connectivity index (χ2v) is 13.1. The van der Waals surface area contributed by atoms with E-state index in [-0.39, 0.29) is 28.0 Å². The van der Waals surface area contributed by atoms with E-state index >= 15 is 0 Å². The lowest BCUT2D eigenvalue weighted by atomic mass is 9.95. The fourth-order valence-electron chi connectivity index (χ4n) is 4.39. The van der Waals surface area contributed by atoms with E-state index in [2.05, 4.69) is 16.8 Å². The van der Waals surface area contributed by atoms with Gasteiger partial charge in [0, 0.05) is 28.3 Å². The van der Waals surface area contributed by atoms with E-state index < -0.39 is 28.6 Å². The smallest absolute Gasteiger partial charge is 0.355 e. The Hall–Kier alpha value is -3.72. The van der Waals surface area contributed by atoms with E-state index in [1.807, 2.05) is 20.8 Å². The number of carboxylic acids is 1.